The lowest BCUT2D eigenvalue weighted by Crippen LogP contribution is -2.36. The van der Waals surface area contributed by atoms with Crippen LogP contribution in [-0.4, -0.2) is 25.2 Å². The van der Waals surface area contributed by atoms with E-state index >= 15 is 0 Å². The number of carbonyl (C=O) groups excluding carboxylic acids is 1. The molecule has 1 amide bonds. The van der Waals surface area contributed by atoms with E-state index in [-0.39, 0.29) is 22.8 Å². The summed E-state index contributed by atoms with van der Waals surface area (Å²) in [5.41, 5.74) is 1.18. The van der Waals surface area contributed by atoms with E-state index < -0.39 is 0 Å². The zero-order chi connectivity index (χ0) is 13.7. The average Bonchev–Trinajstić information content (AvgIpc) is 2.93. The molecule has 3 nitrogen and oxygen atoms in total. The number of benzene rings is 1. The molecule has 1 aromatic rings. The van der Waals surface area contributed by atoms with Crippen LogP contribution in [0.3, 0.4) is 0 Å². The molecule has 19 heavy (non-hydrogen) atoms. The predicted molar refractivity (Wildman–Crippen MR) is 79.3 cm³/mol. The third-order valence-electron chi connectivity index (χ3n) is 3.57. The molecule has 0 aromatic heterocycles. The van der Waals surface area contributed by atoms with Gasteiger partial charge in [-0.3, -0.25) is 4.79 Å². The van der Waals surface area contributed by atoms with Gasteiger partial charge < -0.3 is 10.1 Å². The number of ether oxygens (including phenoxy) is 1. The summed E-state index contributed by atoms with van der Waals surface area (Å²) in [4.78, 5) is 12.3. The van der Waals surface area contributed by atoms with Crippen molar-refractivity contribution < 1.29 is 9.53 Å². The van der Waals surface area contributed by atoms with Crippen LogP contribution in [0.15, 0.2) is 30.3 Å². The van der Waals surface area contributed by atoms with Gasteiger partial charge in [0.25, 0.3) is 0 Å². The van der Waals surface area contributed by atoms with Crippen molar-refractivity contribution in [3.05, 3.63) is 35.9 Å². The second-order valence-electron chi connectivity index (χ2n) is 4.84. The molecule has 1 aromatic carbocycles. The van der Waals surface area contributed by atoms with Crippen molar-refractivity contribution in [1.29, 1.82) is 0 Å². The van der Waals surface area contributed by atoms with Crippen LogP contribution in [0, 0.1) is 5.92 Å². The third-order valence-corrected chi connectivity index (χ3v) is 4.42. The second kappa shape index (κ2) is 7.06. The van der Waals surface area contributed by atoms with Gasteiger partial charge in [0.05, 0.1) is 16.8 Å². The molecule has 1 heterocycles. The van der Waals surface area contributed by atoms with Gasteiger partial charge >= 0.3 is 0 Å². The number of rotatable bonds is 5. The van der Waals surface area contributed by atoms with Crippen LogP contribution < -0.4 is 5.32 Å². The highest BCUT2D eigenvalue weighted by Crippen LogP contribution is 2.25. The minimum atomic E-state index is 0.0143. The molecule has 1 saturated heterocycles. The maximum atomic E-state index is 12.1. The lowest BCUT2D eigenvalue weighted by molar-refractivity contribution is -0.126. The van der Waals surface area contributed by atoms with Gasteiger partial charge in [-0.15, -0.1) is 0 Å². The van der Waals surface area contributed by atoms with E-state index in [0.717, 1.165) is 12.8 Å². The number of carbonyl (C=O) groups is 1. The van der Waals surface area contributed by atoms with Crippen LogP contribution in [0.4, 0.5) is 0 Å². The largest absolute Gasteiger partial charge is 0.377 e. The first-order chi connectivity index (χ1) is 9.22. The van der Waals surface area contributed by atoms with E-state index in [1.54, 1.807) is 0 Å². The highest BCUT2D eigenvalue weighted by molar-refractivity contribution is 9.09. The first-order valence-electron chi connectivity index (χ1n) is 6.80. The van der Waals surface area contributed by atoms with Gasteiger partial charge in [0.1, 0.15) is 0 Å². The topological polar surface area (TPSA) is 38.3 Å². The fraction of sp³-hybridized carbons (Fsp3) is 0.533. The smallest absolute Gasteiger partial charge is 0.225 e. The summed E-state index contributed by atoms with van der Waals surface area (Å²) in [5, 5.41) is 3.02. The maximum Gasteiger partial charge on any atom is 0.225 e. The Balaban J connectivity index is 1.83. The summed E-state index contributed by atoms with van der Waals surface area (Å²) in [6, 6.07) is 10.1. The molecule has 0 radical (unpaired) electrons. The Morgan fingerprint density at radius 1 is 1.47 bits per heavy atom. The van der Waals surface area contributed by atoms with Crippen LogP contribution in [0.5, 0.6) is 0 Å². The monoisotopic (exact) mass is 325 g/mol. The van der Waals surface area contributed by atoms with Gasteiger partial charge in [-0.25, -0.2) is 0 Å². The highest BCUT2D eigenvalue weighted by Gasteiger charge is 2.32. The Morgan fingerprint density at radius 2 is 2.21 bits per heavy atom. The number of halogens is 1. The lowest BCUT2D eigenvalue weighted by atomic mass is 9.98. The molecular weight excluding hydrogens is 306 g/mol. The van der Waals surface area contributed by atoms with Gasteiger partial charge in [0.2, 0.25) is 5.91 Å². The molecule has 3 unspecified atom stereocenters. The molecule has 0 bridgehead atoms. The normalized spacial score (nSPS) is 24.1. The number of nitrogens with one attached hydrogen (secondary N) is 1. The van der Waals surface area contributed by atoms with Crippen molar-refractivity contribution in [1.82, 2.24) is 5.32 Å². The zero-order valence-corrected chi connectivity index (χ0v) is 12.7. The summed E-state index contributed by atoms with van der Waals surface area (Å²) in [6.45, 7) is 3.37. The van der Waals surface area contributed by atoms with Gasteiger partial charge in [0, 0.05) is 13.2 Å². The first-order valence-corrected chi connectivity index (χ1v) is 7.72. The summed E-state index contributed by atoms with van der Waals surface area (Å²) in [5.74, 6) is 0.130. The number of amides is 1. The van der Waals surface area contributed by atoms with Crippen LogP contribution in [0.2, 0.25) is 0 Å². The van der Waals surface area contributed by atoms with Crippen LogP contribution in [0.1, 0.15) is 30.2 Å². The molecule has 0 spiro atoms. The molecule has 2 rings (SSSR count). The first kappa shape index (κ1) is 14.5. The Bertz CT molecular complexity index is 410. The highest BCUT2D eigenvalue weighted by atomic mass is 79.9. The molecule has 4 heteroatoms. The van der Waals surface area contributed by atoms with Crippen LogP contribution in [-0.2, 0) is 9.53 Å². The van der Waals surface area contributed by atoms with Gasteiger partial charge in [-0.1, -0.05) is 53.2 Å². The molecular formula is C15H20BrNO2. The fourth-order valence-electron chi connectivity index (χ4n) is 2.45. The lowest BCUT2D eigenvalue weighted by Gasteiger charge is -2.18. The molecule has 104 valence electrons. The van der Waals surface area contributed by atoms with E-state index in [1.165, 1.54) is 5.56 Å². The van der Waals surface area contributed by atoms with Crippen molar-refractivity contribution in [3.8, 4) is 0 Å². The molecule has 1 fully saturated rings. The van der Waals surface area contributed by atoms with Crippen molar-refractivity contribution in [2.24, 2.45) is 5.92 Å². The van der Waals surface area contributed by atoms with Crippen LogP contribution >= 0.6 is 15.9 Å². The second-order valence-corrected chi connectivity index (χ2v) is 5.94. The van der Waals surface area contributed by atoms with Crippen molar-refractivity contribution in [2.45, 2.75) is 30.7 Å². The summed E-state index contributed by atoms with van der Waals surface area (Å²) in [6.07, 6.45) is 1.82. The fourth-order valence-corrected chi connectivity index (χ4v) is 2.92. The summed E-state index contributed by atoms with van der Waals surface area (Å²) >= 11 is 3.61. The molecule has 1 N–H and O–H groups in total. The van der Waals surface area contributed by atoms with E-state index in [0.29, 0.717) is 13.2 Å². The van der Waals surface area contributed by atoms with Gasteiger partial charge in [-0.2, -0.15) is 0 Å². The molecule has 3 atom stereocenters. The van der Waals surface area contributed by atoms with Crippen molar-refractivity contribution in [2.75, 3.05) is 13.2 Å². The standard InChI is InChI=1S/C15H20BrNO2/c1-2-14-12(8-9-19-14)15(18)17-10-13(16)11-6-4-3-5-7-11/h3-7,12-14H,2,8-10H2,1H3,(H,17,18). The number of hydrogen-bond acceptors (Lipinski definition) is 2. The minimum absolute atomic E-state index is 0.0143. The Morgan fingerprint density at radius 3 is 2.89 bits per heavy atom. The van der Waals surface area contributed by atoms with E-state index in [4.69, 9.17) is 4.74 Å². The molecule has 1 aliphatic rings. The third kappa shape index (κ3) is 3.80. The maximum absolute atomic E-state index is 12.1. The summed E-state index contributed by atoms with van der Waals surface area (Å²) in [7, 11) is 0. The Labute approximate surface area is 122 Å². The average molecular weight is 326 g/mol. The van der Waals surface area contributed by atoms with Gasteiger partial charge in [-0.05, 0) is 18.4 Å². The van der Waals surface area contributed by atoms with Crippen LogP contribution in [0.25, 0.3) is 0 Å². The number of hydrogen-bond donors (Lipinski definition) is 1. The Kier molecular flexibility index (Phi) is 5.40. The van der Waals surface area contributed by atoms with E-state index in [2.05, 4.69) is 40.3 Å². The summed E-state index contributed by atoms with van der Waals surface area (Å²) < 4.78 is 5.55. The van der Waals surface area contributed by atoms with E-state index in [1.807, 2.05) is 18.2 Å². The minimum Gasteiger partial charge on any atom is -0.377 e. The van der Waals surface area contributed by atoms with Crippen molar-refractivity contribution in [3.63, 3.8) is 0 Å². The van der Waals surface area contributed by atoms with Gasteiger partial charge in [0.15, 0.2) is 0 Å². The molecule has 0 aliphatic carbocycles. The van der Waals surface area contributed by atoms with Crippen molar-refractivity contribution >= 4 is 21.8 Å². The number of alkyl halides is 1. The van der Waals surface area contributed by atoms with E-state index in [9.17, 15) is 4.79 Å². The molecule has 1 aliphatic heterocycles. The Hall–Kier alpha value is -0.870. The quantitative estimate of drug-likeness (QED) is 0.845. The molecule has 0 saturated carbocycles. The predicted octanol–water partition coefficient (Wildman–Crippen LogP) is 3.05. The zero-order valence-electron chi connectivity index (χ0n) is 11.1. The SMILES string of the molecule is CCC1OCCC1C(=O)NCC(Br)c1ccccc1.